The molecule has 0 aliphatic rings. The van der Waals surface area contributed by atoms with Gasteiger partial charge in [-0.05, 0) is 59.3 Å². The summed E-state index contributed by atoms with van der Waals surface area (Å²) in [6.45, 7) is 0. The van der Waals surface area contributed by atoms with Crippen molar-refractivity contribution in [2.45, 2.75) is 9.79 Å². The van der Waals surface area contributed by atoms with Crippen LogP contribution in [0.3, 0.4) is 0 Å². The van der Waals surface area contributed by atoms with E-state index in [1.54, 1.807) is 0 Å². The number of aromatic hydroxyl groups is 2. The molecule has 0 aliphatic heterocycles. The molecule has 2 heterocycles. The third-order valence-corrected chi connectivity index (χ3v) is 11.0. The van der Waals surface area contributed by atoms with E-state index < -0.39 is 44.0 Å². The highest BCUT2D eigenvalue weighted by molar-refractivity contribution is 8.08. The van der Waals surface area contributed by atoms with Gasteiger partial charge in [0.25, 0.3) is 9.48 Å². The smallest absolute Gasteiger partial charge is 0.251 e. The van der Waals surface area contributed by atoms with Crippen LogP contribution in [0.2, 0.25) is 0 Å². The highest BCUT2D eigenvalue weighted by atomic mass is 32.3. The van der Waals surface area contributed by atoms with Crippen molar-refractivity contribution in [1.82, 2.24) is 0 Å². The van der Waals surface area contributed by atoms with Gasteiger partial charge in [-0.1, -0.05) is 22.7 Å². The summed E-state index contributed by atoms with van der Waals surface area (Å²) < 4.78 is 50.2. The number of benzene rings is 2. The molecule has 31 heavy (non-hydrogen) atoms. The molecule has 0 atom stereocenters. The Balaban J connectivity index is 1.81. The zero-order valence-electron chi connectivity index (χ0n) is 15.3. The summed E-state index contributed by atoms with van der Waals surface area (Å²) >= 11 is 1.13. The lowest BCUT2D eigenvalue weighted by atomic mass is 10.2. The van der Waals surface area contributed by atoms with Crippen LogP contribution in [0.5, 0.6) is 11.5 Å². The van der Waals surface area contributed by atoms with Crippen molar-refractivity contribution in [1.29, 1.82) is 0 Å². The molecule has 0 bridgehead atoms. The van der Waals surface area contributed by atoms with Crippen molar-refractivity contribution in [3.05, 3.63) is 67.6 Å². The van der Waals surface area contributed by atoms with Gasteiger partial charge in [-0.2, -0.15) is 0 Å². The van der Waals surface area contributed by atoms with Gasteiger partial charge in [-0.25, -0.2) is 16.8 Å². The minimum atomic E-state index is -4.60. The summed E-state index contributed by atoms with van der Waals surface area (Å²) in [7, 11) is -9.20. The molecule has 2 N–H and O–H groups in total. The highest BCUT2D eigenvalue weighted by Gasteiger charge is 2.30. The average molecular weight is 497 g/mol. The van der Waals surface area contributed by atoms with Gasteiger partial charge in [0, 0.05) is 9.40 Å². The van der Waals surface area contributed by atoms with E-state index in [1.165, 1.54) is 36.4 Å². The molecule has 2 aromatic carbocycles. The van der Waals surface area contributed by atoms with Crippen LogP contribution < -0.4 is 9.48 Å². The van der Waals surface area contributed by atoms with E-state index in [0.29, 0.717) is 42.8 Å². The molecular formula is C19H12O8S4. The third kappa shape index (κ3) is 4.06. The van der Waals surface area contributed by atoms with Gasteiger partial charge >= 0.3 is 0 Å². The molecule has 12 heteroatoms. The first-order chi connectivity index (χ1) is 14.5. The van der Waals surface area contributed by atoms with E-state index >= 15 is 0 Å². The summed E-state index contributed by atoms with van der Waals surface area (Å²) in [5, 5.41) is 18.3. The van der Waals surface area contributed by atoms with E-state index in [4.69, 9.17) is 0 Å². The minimum Gasteiger partial charge on any atom is -0.508 e. The van der Waals surface area contributed by atoms with Crippen molar-refractivity contribution in [2.24, 2.45) is 0 Å². The van der Waals surface area contributed by atoms with Crippen LogP contribution in [0.15, 0.2) is 67.9 Å². The molecule has 0 aliphatic carbocycles. The molecule has 8 nitrogen and oxygen atoms in total. The molecular weight excluding hydrogens is 484 g/mol. The van der Waals surface area contributed by atoms with E-state index in [1.807, 2.05) is 0 Å². The van der Waals surface area contributed by atoms with Crippen molar-refractivity contribution in [3.8, 4) is 11.5 Å². The normalized spacial score (nSPS) is 12.4. The standard InChI is InChI=1S/C19H12O8S4/c20-12-3-1-10-5-16(18(22)28-14(10)7-12)30(24,25)9-31(26,27)17-6-11-2-4-13(21)8-15(11)29-19(17)23/h1-8,20-21H,9H2. The molecule has 4 aromatic rings. The first-order valence-corrected chi connectivity index (χ1v) is 13.4. The zero-order chi connectivity index (χ0) is 22.6. The Morgan fingerprint density at radius 1 is 0.645 bits per heavy atom. The Hall–Kier alpha value is -2.80. The maximum absolute atomic E-state index is 12.8. The van der Waals surface area contributed by atoms with E-state index in [-0.39, 0.29) is 11.5 Å². The van der Waals surface area contributed by atoms with Gasteiger partial charge in [0.2, 0.25) is 0 Å². The summed E-state index contributed by atoms with van der Waals surface area (Å²) in [6.07, 6.45) is 0. The first-order valence-electron chi connectivity index (χ1n) is 8.45. The van der Waals surface area contributed by atoms with Crippen LogP contribution in [-0.2, 0) is 19.7 Å². The predicted octanol–water partition coefficient (Wildman–Crippen LogP) is 2.45. The Morgan fingerprint density at radius 3 is 1.42 bits per heavy atom. The Bertz CT molecular complexity index is 1570. The summed E-state index contributed by atoms with van der Waals surface area (Å²) in [5.41, 5.74) is 0. The number of hydrogen-bond donors (Lipinski definition) is 2. The Labute approximate surface area is 183 Å². The number of hydrogen-bond acceptors (Lipinski definition) is 10. The largest absolute Gasteiger partial charge is 0.508 e. The number of rotatable bonds is 4. The van der Waals surface area contributed by atoms with Gasteiger partial charge in [-0.15, -0.1) is 0 Å². The molecule has 0 radical (unpaired) electrons. The summed E-state index contributed by atoms with van der Waals surface area (Å²) in [4.78, 5) is 23.3. The van der Waals surface area contributed by atoms with Crippen LogP contribution in [-0.4, -0.2) is 32.1 Å². The minimum absolute atomic E-state index is 0.102. The van der Waals surface area contributed by atoms with Gasteiger partial charge in [0.1, 0.15) is 21.3 Å². The van der Waals surface area contributed by atoms with Crippen molar-refractivity contribution >= 4 is 62.5 Å². The van der Waals surface area contributed by atoms with Gasteiger partial charge < -0.3 is 10.2 Å². The summed E-state index contributed by atoms with van der Waals surface area (Å²) in [6, 6.07) is 10.1. The Morgan fingerprint density at radius 2 is 1.03 bits per heavy atom. The van der Waals surface area contributed by atoms with Crippen LogP contribution in [0.25, 0.3) is 20.2 Å². The Kier molecular flexibility index (Phi) is 5.12. The second-order valence-corrected chi connectivity index (χ2v) is 12.9. The lowest BCUT2D eigenvalue weighted by molar-refractivity contribution is 0.475. The van der Waals surface area contributed by atoms with Crippen LogP contribution in [0.4, 0.5) is 0 Å². The molecule has 4 rings (SSSR count). The number of fused-ring (bicyclic) bond motifs is 2. The lowest BCUT2D eigenvalue weighted by Gasteiger charge is -2.07. The van der Waals surface area contributed by atoms with Crippen LogP contribution >= 0.6 is 22.7 Å². The molecule has 0 saturated carbocycles. The number of sulfone groups is 2. The quantitative estimate of drug-likeness (QED) is 0.439. The second-order valence-electron chi connectivity index (χ2n) is 6.59. The molecule has 0 fully saturated rings. The van der Waals surface area contributed by atoms with Crippen molar-refractivity contribution < 1.29 is 27.0 Å². The molecule has 2 aromatic heterocycles. The van der Waals surface area contributed by atoms with Crippen molar-refractivity contribution in [3.63, 3.8) is 0 Å². The molecule has 0 saturated heterocycles. The van der Waals surface area contributed by atoms with Crippen molar-refractivity contribution in [2.75, 3.05) is 5.08 Å². The topological polar surface area (TPSA) is 143 Å². The zero-order valence-corrected chi connectivity index (χ0v) is 18.6. The monoisotopic (exact) mass is 496 g/mol. The summed E-state index contributed by atoms with van der Waals surface area (Å²) in [5.74, 6) is -0.203. The molecule has 0 spiro atoms. The van der Waals surface area contributed by atoms with Gasteiger partial charge in [0.05, 0.1) is 0 Å². The third-order valence-electron chi connectivity index (χ3n) is 4.36. The van der Waals surface area contributed by atoms with E-state index in [0.717, 1.165) is 12.1 Å². The second kappa shape index (κ2) is 7.41. The van der Waals surface area contributed by atoms with Crippen LogP contribution in [0, 0.1) is 0 Å². The molecule has 0 amide bonds. The lowest BCUT2D eigenvalue weighted by Crippen LogP contribution is -2.24. The SMILES string of the molecule is O=c1sc2cc(O)ccc2cc1S(=O)(=O)CS(=O)(=O)c1cc2ccc(O)cc2sc1=O. The van der Waals surface area contributed by atoms with Gasteiger partial charge in [0.15, 0.2) is 24.8 Å². The van der Waals surface area contributed by atoms with E-state index in [2.05, 4.69) is 0 Å². The van der Waals surface area contributed by atoms with Crippen LogP contribution in [0.1, 0.15) is 0 Å². The van der Waals surface area contributed by atoms with E-state index in [9.17, 15) is 36.6 Å². The molecule has 160 valence electrons. The predicted molar refractivity (Wildman–Crippen MR) is 119 cm³/mol. The maximum atomic E-state index is 12.8. The fourth-order valence-electron chi connectivity index (χ4n) is 2.93. The number of phenols is 2. The first kappa shape index (κ1) is 21.4. The highest BCUT2D eigenvalue weighted by Crippen LogP contribution is 2.27. The average Bonchev–Trinajstić information content (AvgIpc) is 2.65. The number of phenolic OH excluding ortho intramolecular Hbond substituents is 2. The fourth-order valence-corrected chi connectivity index (χ4v) is 9.28. The maximum Gasteiger partial charge on any atom is 0.251 e. The molecule has 0 unspecified atom stereocenters. The fraction of sp³-hybridized carbons (Fsp3) is 0.0526. The van der Waals surface area contributed by atoms with Gasteiger partial charge in [-0.3, -0.25) is 9.59 Å².